The minimum atomic E-state index is -0.476. The lowest BCUT2D eigenvalue weighted by Gasteiger charge is -2.21. The summed E-state index contributed by atoms with van der Waals surface area (Å²) in [5, 5.41) is 13.4. The van der Waals surface area contributed by atoms with E-state index in [9.17, 15) is 5.11 Å². The molecule has 0 amide bonds. The SMILES string of the molecule is Cn1cccc1CNCC1(O)CCSC1. The molecule has 1 unspecified atom stereocenters. The Bertz CT molecular complexity index is 318. The Morgan fingerprint density at radius 1 is 1.67 bits per heavy atom. The van der Waals surface area contributed by atoms with Gasteiger partial charge in [-0.15, -0.1) is 0 Å². The van der Waals surface area contributed by atoms with Gasteiger partial charge in [0.05, 0.1) is 5.60 Å². The average molecular weight is 226 g/mol. The molecule has 2 rings (SSSR count). The van der Waals surface area contributed by atoms with Gasteiger partial charge in [-0.05, 0) is 24.3 Å². The van der Waals surface area contributed by atoms with Gasteiger partial charge in [0.2, 0.25) is 0 Å². The van der Waals surface area contributed by atoms with Gasteiger partial charge in [-0.1, -0.05) is 0 Å². The molecule has 1 fully saturated rings. The van der Waals surface area contributed by atoms with Crippen LogP contribution in [-0.2, 0) is 13.6 Å². The molecule has 0 saturated carbocycles. The zero-order valence-electron chi connectivity index (χ0n) is 9.07. The lowest BCUT2D eigenvalue weighted by molar-refractivity contribution is 0.0673. The Labute approximate surface area is 94.9 Å². The number of aliphatic hydroxyl groups is 1. The van der Waals surface area contributed by atoms with Gasteiger partial charge in [-0.3, -0.25) is 0 Å². The van der Waals surface area contributed by atoms with Crippen LogP contribution in [0.2, 0.25) is 0 Å². The van der Waals surface area contributed by atoms with Gasteiger partial charge in [-0.2, -0.15) is 11.8 Å². The first kappa shape index (κ1) is 11.0. The third kappa shape index (κ3) is 2.77. The molecule has 84 valence electrons. The number of rotatable bonds is 4. The fourth-order valence-electron chi connectivity index (χ4n) is 1.84. The highest BCUT2D eigenvalue weighted by Gasteiger charge is 2.30. The largest absolute Gasteiger partial charge is 0.388 e. The third-order valence-electron chi connectivity index (χ3n) is 2.89. The standard InChI is InChI=1S/C11H18N2OS/c1-13-5-2-3-10(13)7-12-8-11(14)4-6-15-9-11/h2-3,5,12,14H,4,6-9H2,1H3. The van der Waals surface area contributed by atoms with Crippen LogP contribution in [0, 0.1) is 0 Å². The zero-order valence-corrected chi connectivity index (χ0v) is 9.89. The van der Waals surface area contributed by atoms with Crippen molar-refractivity contribution in [3.63, 3.8) is 0 Å². The van der Waals surface area contributed by atoms with Crippen molar-refractivity contribution >= 4 is 11.8 Å². The maximum absolute atomic E-state index is 10.1. The van der Waals surface area contributed by atoms with Crippen LogP contribution in [0.25, 0.3) is 0 Å². The van der Waals surface area contributed by atoms with Gasteiger partial charge >= 0.3 is 0 Å². The molecule has 0 aromatic carbocycles. The van der Waals surface area contributed by atoms with Gasteiger partial charge in [0.1, 0.15) is 0 Å². The Morgan fingerprint density at radius 2 is 2.53 bits per heavy atom. The monoisotopic (exact) mass is 226 g/mol. The van der Waals surface area contributed by atoms with Gasteiger partial charge in [-0.25, -0.2) is 0 Å². The summed E-state index contributed by atoms with van der Waals surface area (Å²) in [7, 11) is 2.04. The first-order valence-corrected chi connectivity index (χ1v) is 6.46. The molecular weight excluding hydrogens is 208 g/mol. The summed E-state index contributed by atoms with van der Waals surface area (Å²) in [6.45, 7) is 1.53. The molecule has 1 atom stereocenters. The van der Waals surface area contributed by atoms with Crippen molar-refractivity contribution in [2.75, 3.05) is 18.1 Å². The van der Waals surface area contributed by atoms with Crippen LogP contribution < -0.4 is 5.32 Å². The van der Waals surface area contributed by atoms with E-state index in [4.69, 9.17) is 0 Å². The molecule has 1 saturated heterocycles. The lowest BCUT2D eigenvalue weighted by atomic mass is 10.0. The van der Waals surface area contributed by atoms with Crippen molar-refractivity contribution in [3.8, 4) is 0 Å². The van der Waals surface area contributed by atoms with Crippen LogP contribution in [-0.4, -0.2) is 33.3 Å². The fourth-order valence-corrected chi connectivity index (χ4v) is 3.13. The van der Waals surface area contributed by atoms with E-state index in [1.54, 1.807) is 0 Å². The molecule has 3 nitrogen and oxygen atoms in total. The predicted molar refractivity (Wildman–Crippen MR) is 64.0 cm³/mol. The number of aromatic nitrogens is 1. The number of aryl methyl sites for hydroxylation is 1. The first-order chi connectivity index (χ1) is 7.20. The summed E-state index contributed by atoms with van der Waals surface area (Å²) in [5.41, 5.74) is 0.778. The van der Waals surface area contributed by atoms with E-state index in [0.29, 0.717) is 6.54 Å². The minimum absolute atomic E-state index is 0.476. The second-order valence-corrected chi connectivity index (χ2v) is 5.35. The number of hydrogen-bond acceptors (Lipinski definition) is 3. The molecule has 1 aliphatic heterocycles. The van der Waals surface area contributed by atoms with Crippen molar-refractivity contribution in [1.82, 2.24) is 9.88 Å². The summed E-state index contributed by atoms with van der Waals surface area (Å²) in [4.78, 5) is 0. The molecule has 1 aliphatic rings. The molecule has 0 bridgehead atoms. The summed E-state index contributed by atoms with van der Waals surface area (Å²) in [6.07, 6.45) is 2.95. The number of nitrogens with zero attached hydrogens (tertiary/aromatic N) is 1. The van der Waals surface area contributed by atoms with Crippen LogP contribution in [0.15, 0.2) is 18.3 Å². The quantitative estimate of drug-likeness (QED) is 0.804. The third-order valence-corrected chi connectivity index (χ3v) is 4.13. The van der Waals surface area contributed by atoms with E-state index in [-0.39, 0.29) is 0 Å². The molecule has 4 heteroatoms. The van der Waals surface area contributed by atoms with Crippen molar-refractivity contribution in [3.05, 3.63) is 24.0 Å². The number of hydrogen-bond donors (Lipinski definition) is 2. The van der Waals surface area contributed by atoms with E-state index in [1.165, 1.54) is 5.69 Å². The summed E-state index contributed by atoms with van der Waals surface area (Å²) in [5.74, 6) is 1.95. The number of thioether (sulfide) groups is 1. The second-order valence-electron chi connectivity index (χ2n) is 4.24. The molecule has 15 heavy (non-hydrogen) atoms. The predicted octanol–water partition coefficient (Wildman–Crippen LogP) is 0.983. The van der Waals surface area contributed by atoms with Crippen LogP contribution >= 0.6 is 11.8 Å². The maximum Gasteiger partial charge on any atom is 0.0869 e. The summed E-state index contributed by atoms with van der Waals surface area (Å²) in [6, 6.07) is 4.14. The molecule has 0 spiro atoms. The first-order valence-electron chi connectivity index (χ1n) is 5.31. The topological polar surface area (TPSA) is 37.2 Å². The van der Waals surface area contributed by atoms with Crippen LogP contribution in [0.5, 0.6) is 0 Å². The highest BCUT2D eigenvalue weighted by atomic mass is 32.2. The Hall–Kier alpha value is -0.450. The highest BCUT2D eigenvalue weighted by Crippen LogP contribution is 2.26. The molecule has 1 aromatic heterocycles. The summed E-state index contributed by atoms with van der Waals surface area (Å²) >= 11 is 1.84. The Balaban J connectivity index is 1.77. The minimum Gasteiger partial charge on any atom is -0.388 e. The molecule has 1 aromatic rings. The Morgan fingerprint density at radius 3 is 3.13 bits per heavy atom. The highest BCUT2D eigenvalue weighted by molar-refractivity contribution is 7.99. The van der Waals surface area contributed by atoms with Gasteiger partial charge in [0, 0.05) is 37.8 Å². The zero-order chi connectivity index (χ0) is 10.7. The molecule has 2 N–H and O–H groups in total. The van der Waals surface area contributed by atoms with Crippen molar-refractivity contribution < 1.29 is 5.11 Å². The fraction of sp³-hybridized carbons (Fsp3) is 0.636. The smallest absolute Gasteiger partial charge is 0.0869 e. The van der Waals surface area contributed by atoms with E-state index >= 15 is 0 Å². The van der Waals surface area contributed by atoms with Crippen molar-refractivity contribution in [2.24, 2.45) is 7.05 Å². The average Bonchev–Trinajstić information content (AvgIpc) is 2.78. The van der Waals surface area contributed by atoms with Crippen LogP contribution in [0.4, 0.5) is 0 Å². The van der Waals surface area contributed by atoms with Crippen LogP contribution in [0.3, 0.4) is 0 Å². The Kier molecular flexibility index (Phi) is 3.38. The van der Waals surface area contributed by atoms with Gasteiger partial charge < -0.3 is 15.0 Å². The van der Waals surface area contributed by atoms with E-state index in [0.717, 1.165) is 24.5 Å². The molecule has 0 aliphatic carbocycles. The van der Waals surface area contributed by atoms with Gasteiger partial charge in [0.15, 0.2) is 0 Å². The maximum atomic E-state index is 10.1. The molecule has 2 heterocycles. The van der Waals surface area contributed by atoms with E-state index in [1.807, 2.05) is 31.1 Å². The van der Waals surface area contributed by atoms with Gasteiger partial charge in [0.25, 0.3) is 0 Å². The van der Waals surface area contributed by atoms with E-state index < -0.39 is 5.60 Å². The lowest BCUT2D eigenvalue weighted by Crippen LogP contribution is -2.40. The van der Waals surface area contributed by atoms with Crippen molar-refractivity contribution in [1.29, 1.82) is 0 Å². The summed E-state index contributed by atoms with van der Waals surface area (Å²) < 4.78 is 2.10. The van der Waals surface area contributed by atoms with E-state index in [2.05, 4.69) is 16.0 Å². The van der Waals surface area contributed by atoms with Crippen molar-refractivity contribution in [2.45, 2.75) is 18.6 Å². The number of nitrogens with one attached hydrogen (secondary N) is 1. The molecule has 0 radical (unpaired) electrons. The van der Waals surface area contributed by atoms with Crippen LogP contribution in [0.1, 0.15) is 12.1 Å². The molecular formula is C11H18N2OS. The second kappa shape index (κ2) is 4.60. The normalized spacial score (nSPS) is 26.0.